The van der Waals surface area contributed by atoms with Gasteiger partial charge >= 0.3 is 0 Å². The molecule has 0 saturated carbocycles. The Hall–Kier alpha value is -0.780. The number of carbonyl (C=O) groups is 1. The van der Waals surface area contributed by atoms with Crippen molar-refractivity contribution >= 4 is 28.5 Å². The molecule has 0 unspecified atom stereocenters. The first-order valence-electron chi connectivity index (χ1n) is 6.29. The van der Waals surface area contributed by atoms with Crippen molar-refractivity contribution in [1.29, 1.82) is 0 Å². The third-order valence-electron chi connectivity index (χ3n) is 2.74. The second kappa shape index (κ2) is 8.34. The van der Waals surface area contributed by atoms with Gasteiger partial charge in [-0.15, -0.1) is 0 Å². The van der Waals surface area contributed by atoms with Crippen LogP contribution in [-0.4, -0.2) is 22.0 Å². The summed E-state index contributed by atoms with van der Waals surface area (Å²) in [6, 6.07) is 5.10. The zero-order chi connectivity index (χ0) is 13.4. The van der Waals surface area contributed by atoms with Crippen molar-refractivity contribution in [3.05, 3.63) is 29.3 Å². The van der Waals surface area contributed by atoms with Crippen LogP contribution in [0.15, 0.2) is 18.2 Å². The number of aromatic hydroxyl groups is 1. The van der Waals surface area contributed by atoms with E-state index in [2.05, 4.69) is 27.9 Å². The lowest BCUT2D eigenvalue weighted by molar-refractivity contribution is 0.0950. The fourth-order valence-electron chi connectivity index (χ4n) is 1.70. The second-order valence-electron chi connectivity index (χ2n) is 4.38. The molecule has 100 valence electrons. The molecule has 4 heteroatoms. The summed E-state index contributed by atoms with van der Waals surface area (Å²) in [4.78, 5) is 11.8. The van der Waals surface area contributed by atoms with Gasteiger partial charge in [-0.1, -0.05) is 41.5 Å². The number of unbranched alkanes of at least 4 members (excludes halogenated alkanes) is 3. The average molecular weight is 361 g/mol. The van der Waals surface area contributed by atoms with Gasteiger partial charge in [0.1, 0.15) is 5.75 Å². The lowest BCUT2D eigenvalue weighted by Gasteiger charge is -2.07. The van der Waals surface area contributed by atoms with E-state index in [1.165, 1.54) is 17.3 Å². The molecule has 0 saturated heterocycles. The molecule has 0 aliphatic heterocycles. The molecule has 0 atom stereocenters. The highest BCUT2D eigenvalue weighted by atomic mass is 127. The Kier molecular flexibility index (Phi) is 7.08. The molecule has 3 nitrogen and oxygen atoms in total. The van der Waals surface area contributed by atoms with Crippen molar-refractivity contribution in [2.24, 2.45) is 0 Å². The zero-order valence-corrected chi connectivity index (χ0v) is 12.9. The number of hydrogen-bond donors (Lipinski definition) is 2. The highest BCUT2D eigenvalue weighted by Crippen LogP contribution is 2.18. The molecule has 0 spiro atoms. The van der Waals surface area contributed by atoms with Crippen LogP contribution in [-0.2, 0) is 0 Å². The van der Waals surface area contributed by atoms with Crippen LogP contribution < -0.4 is 5.32 Å². The smallest absolute Gasteiger partial charge is 0.255 e. The second-order valence-corrected chi connectivity index (χ2v) is 5.46. The van der Waals surface area contributed by atoms with Gasteiger partial charge in [-0.2, -0.15) is 0 Å². The van der Waals surface area contributed by atoms with E-state index in [0.717, 1.165) is 18.4 Å². The van der Waals surface area contributed by atoms with E-state index >= 15 is 0 Å². The minimum Gasteiger partial charge on any atom is -0.507 e. The zero-order valence-electron chi connectivity index (χ0n) is 10.7. The lowest BCUT2D eigenvalue weighted by Crippen LogP contribution is -2.24. The summed E-state index contributed by atoms with van der Waals surface area (Å²) < 4.78 is 1.20. The summed E-state index contributed by atoms with van der Waals surface area (Å²) in [6.45, 7) is 2.56. The largest absolute Gasteiger partial charge is 0.507 e. The van der Waals surface area contributed by atoms with Gasteiger partial charge in [0.15, 0.2) is 0 Å². The first-order chi connectivity index (χ1) is 8.65. The molecular weight excluding hydrogens is 341 g/mol. The fourth-order valence-corrected chi connectivity index (χ4v) is 2.24. The number of benzene rings is 1. The van der Waals surface area contributed by atoms with Gasteiger partial charge in [-0.3, -0.25) is 4.79 Å². The number of aryl methyl sites for hydroxylation is 1. The van der Waals surface area contributed by atoms with Gasteiger partial charge < -0.3 is 10.4 Å². The SMILES string of the molecule is Cc1ccc(C(=O)NCCCCCCI)c(O)c1. The first kappa shape index (κ1) is 15.3. The number of amides is 1. The predicted molar refractivity (Wildman–Crippen MR) is 82.5 cm³/mol. The maximum Gasteiger partial charge on any atom is 0.255 e. The Morgan fingerprint density at radius 2 is 2.00 bits per heavy atom. The maximum atomic E-state index is 11.8. The van der Waals surface area contributed by atoms with Crippen LogP contribution in [0, 0.1) is 6.92 Å². The standard InChI is InChI=1S/C14H20INO2/c1-11-6-7-12(13(17)10-11)14(18)16-9-5-3-2-4-8-15/h6-7,10,17H,2-5,8-9H2,1H3,(H,16,18). The number of hydrogen-bond acceptors (Lipinski definition) is 2. The minimum atomic E-state index is -0.193. The van der Waals surface area contributed by atoms with Crippen molar-refractivity contribution in [1.82, 2.24) is 5.32 Å². The van der Waals surface area contributed by atoms with Gasteiger partial charge in [0.25, 0.3) is 5.91 Å². The summed E-state index contributed by atoms with van der Waals surface area (Å²) in [6.07, 6.45) is 4.60. The highest BCUT2D eigenvalue weighted by molar-refractivity contribution is 14.1. The molecule has 0 bridgehead atoms. The van der Waals surface area contributed by atoms with Crippen molar-refractivity contribution in [3.8, 4) is 5.75 Å². The molecule has 0 aliphatic carbocycles. The number of alkyl halides is 1. The summed E-state index contributed by atoms with van der Waals surface area (Å²) >= 11 is 2.38. The topological polar surface area (TPSA) is 49.3 Å². The van der Waals surface area contributed by atoms with E-state index in [9.17, 15) is 9.90 Å². The minimum absolute atomic E-state index is 0.0532. The number of phenolic OH excluding ortho intramolecular Hbond substituents is 1. The van der Waals surface area contributed by atoms with Crippen molar-refractivity contribution in [3.63, 3.8) is 0 Å². The molecule has 2 N–H and O–H groups in total. The Balaban J connectivity index is 2.32. The van der Waals surface area contributed by atoms with E-state index in [1.54, 1.807) is 12.1 Å². The van der Waals surface area contributed by atoms with E-state index < -0.39 is 0 Å². The Bertz CT molecular complexity index is 393. The van der Waals surface area contributed by atoms with Gasteiger partial charge in [0.05, 0.1) is 5.56 Å². The van der Waals surface area contributed by atoms with Crippen LogP contribution in [0.4, 0.5) is 0 Å². The van der Waals surface area contributed by atoms with E-state index in [-0.39, 0.29) is 11.7 Å². The van der Waals surface area contributed by atoms with Crippen molar-refractivity contribution < 1.29 is 9.90 Å². The summed E-state index contributed by atoms with van der Waals surface area (Å²) in [5, 5.41) is 12.5. The average Bonchev–Trinajstić information content (AvgIpc) is 2.33. The number of halogens is 1. The third-order valence-corrected chi connectivity index (χ3v) is 3.51. The Morgan fingerprint density at radius 3 is 2.67 bits per heavy atom. The van der Waals surface area contributed by atoms with Crippen molar-refractivity contribution in [2.45, 2.75) is 32.6 Å². The van der Waals surface area contributed by atoms with Crippen LogP contribution in [0.2, 0.25) is 0 Å². The molecule has 1 aromatic carbocycles. The molecule has 0 aliphatic rings. The van der Waals surface area contributed by atoms with Crippen LogP contribution in [0.5, 0.6) is 5.75 Å². The van der Waals surface area contributed by atoms with Crippen LogP contribution in [0.3, 0.4) is 0 Å². The van der Waals surface area contributed by atoms with Gasteiger partial charge in [0, 0.05) is 6.54 Å². The number of phenols is 1. The number of rotatable bonds is 7. The number of carbonyl (C=O) groups excluding carboxylic acids is 1. The molecule has 0 radical (unpaired) electrons. The maximum absolute atomic E-state index is 11.8. The van der Waals surface area contributed by atoms with E-state index in [0.29, 0.717) is 12.1 Å². The first-order valence-corrected chi connectivity index (χ1v) is 7.81. The molecule has 1 rings (SSSR count). The normalized spacial score (nSPS) is 10.3. The van der Waals surface area contributed by atoms with Gasteiger partial charge in [-0.05, 0) is 41.9 Å². The summed E-state index contributed by atoms with van der Waals surface area (Å²) in [5.74, 6) is -0.140. The van der Waals surface area contributed by atoms with Gasteiger partial charge in [0.2, 0.25) is 0 Å². The molecular formula is C14H20INO2. The van der Waals surface area contributed by atoms with E-state index in [1.807, 2.05) is 13.0 Å². The highest BCUT2D eigenvalue weighted by Gasteiger charge is 2.09. The molecule has 1 amide bonds. The van der Waals surface area contributed by atoms with E-state index in [4.69, 9.17) is 0 Å². The van der Waals surface area contributed by atoms with Crippen LogP contribution in [0.25, 0.3) is 0 Å². The predicted octanol–water partition coefficient (Wildman–Crippen LogP) is 3.43. The summed E-state index contributed by atoms with van der Waals surface area (Å²) in [5.41, 5.74) is 1.30. The molecule has 0 heterocycles. The monoisotopic (exact) mass is 361 g/mol. The van der Waals surface area contributed by atoms with Crippen LogP contribution in [0.1, 0.15) is 41.6 Å². The van der Waals surface area contributed by atoms with Crippen LogP contribution >= 0.6 is 22.6 Å². The summed E-state index contributed by atoms with van der Waals surface area (Å²) in [7, 11) is 0. The molecule has 1 aromatic rings. The van der Waals surface area contributed by atoms with Gasteiger partial charge in [-0.25, -0.2) is 0 Å². The molecule has 0 aromatic heterocycles. The lowest BCUT2D eigenvalue weighted by atomic mass is 10.1. The molecule has 0 fully saturated rings. The Morgan fingerprint density at radius 1 is 1.28 bits per heavy atom. The third kappa shape index (κ3) is 5.25. The van der Waals surface area contributed by atoms with Crippen molar-refractivity contribution in [2.75, 3.05) is 11.0 Å². The number of nitrogens with one attached hydrogen (secondary N) is 1. The quantitative estimate of drug-likeness (QED) is 0.444. The Labute approximate surface area is 122 Å². The molecule has 18 heavy (non-hydrogen) atoms. The fraction of sp³-hybridized carbons (Fsp3) is 0.500.